The Labute approximate surface area is 178 Å². The maximum atomic E-state index is 13.4. The summed E-state index contributed by atoms with van der Waals surface area (Å²) in [7, 11) is 0. The molecule has 2 heterocycles. The fourth-order valence-electron chi connectivity index (χ4n) is 3.99. The Morgan fingerprint density at radius 3 is 2.45 bits per heavy atom. The van der Waals surface area contributed by atoms with Gasteiger partial charge in [0.25, 0.3) is 0 Å². The second-order valence-corrected chi connectivity index (χ2v) is 9.72. The summed E-state index contributed by atoms with van der Waals surface area (Å²) in [5.74, 6) is 0.289. The molecule has 2 amide bonds. The van der Waals surface area contributed by atoms with Crippen LogP contribution in [0.15, 0.2) is 35.7 Å². The van der Waals surface area contributed by atoms with Gasteiger partial charge in [-0.2, -0.15) is 0 Å². The number of nitrogens with zero attached hydrogens (tertiary/aromatic N) is 2. The predicted molar refractivity (Wildman–Crippen MR) is 119 cm³/mol. The molecule has 1 aromatic heterocycles. The van der Waals surface area contributed by atoms with E-state index in [4.69, 9.17) is 0 Å². The SMILES string of the molecule is Cc1ccc([C@H]2c3ccsc3CCN2C(=O)CN(CC(C)C)C(=O)C(C)C)cc1. The molecule has 0 fully saturated rings. The highest BCUT2D eigenvalue weighted by Gasteiger charge is 2.34. The fourth-order valence-corrected chi connectivity index (χ4v) is 4.89. The van der Waals surface area contributed by atoms with E-state index in [1.54, 1.807) is 16.2 Å². The van der Waals surface area contributed by atoms with E-state index in [1.165, 1.54) is 16.0 Å². The van der Waals surface area contributed by atoms with Gasteiger partial charge in [0.1, 0.15) is 0 Å². The molecule has 1 aromatic carbocycles. The van der Waals surface area contributed by atoms with Crippen LogP contribution in [0.25, 0.3) is 0 Å². The average Bonchev–Trinajstić information content (AvgIpc) is 3.15. The van der Waals surface area contributed by atoms with Crippen molar-refractivity contribution >= 4 is 23.2 Å². The van der Waals surface area contributed by atoms with Crippen LogP contribution in [0.1, 0.15) is 55.3 Å². The largest absolute Gasteiger partial charge is 0.333 e. The van der Waals surface area contributed by atoms with Crippen LogP contribution < -0.4 is 0 Å². The second-order valence-electron chi connectivity index (χ2n) is 8.72. The summed E-state index contributed by atoms with van der Waals surface area (Å²) in [4.78, 5) is 31.2. The van der Waals surface area contributed by atoms with Gasteiger partial charge < -0.3 is 9.80 Å². The lowest BCUT2D eigenvalue weighted by molar-refractivity contribution is -0.143. The lowest BCUT2D eigenvalue weighted by Crippen LogP contribution is -2.48. The molecule has 156 valence electrons. The van der Waals surface area contributed by atoms with Crippen molar-refractivity contribution in [2.45, 2.75) is 47.1 Å². The van der Waals surface area contributed by atoms with Gasteiger partial charge in [-0.15, -0.1) is 11.3 Å². The van der Waals surface area contributed by atoms with Crippen molar-refractivity contribution in [3.8, 4) is 0 Å². The van der Waals surface area contributed by atoms with Crippen molar-refractivity contribution in [3.63, 3.8) is 0 Å². The van der Waals surface area contributed by atoms with Crippen molar-refractivity contribution in [1.82, 2.24) is 9.80 Å². The standard InChI is InChI=1S/C24H32N2O2S/c1-16(2)14-25(24(28)17(3)4)15-22(27)26-12-10-21-20(11-13-29-21)23(26)19-8-6-18(5)7-9-19/h6-9,11,13,16-17,23H,10,12,14-15H2,1-5H3/t23-/m0/s1. The number of amides is 2. The van der Waals surface area contributed by atoms with Crippen molar-refractivity contribution in [1.29, 1.82) is 0 Å². The number of carbonyl (C=O) groups excluding carboxylic acids is 2. The summed E-state index contributed by atoms with van der Waals surface area (Å²) in [6.45, 7) is 11.5. The van der Waals surface area contributed by atoms with Crippen LogP contribution in [-0.2, 0) is 16.0 Å². The topological polar surface area (TPSA) is 40.6 Å². The molecule has 5 heteroatoms. The van der Waals surface area contributed by atoms with E-state index in [-0.39, 0.29) is 30.3 Å². The smallest absolute Gasteiger partial charge is 0.242 e. The first-order valence-electron chi connectivity index (χ1n) is 10.5. The Kier molecular flexibility index (Phi) is 6.78. The van der Waals surface area contributed by atoms with Gasteiger partial charge in [-0.3, -0.25) is 9.59 Å². The van der Waals surface area contributed by atoms with Gasteiger partial charge >= 0.3 is 0 Å². The van der Waals surface area contributed by atoms with E-state index in [0.717, 1.165) is 12.0 Å². The van der Waals surface area contributed by atoms with Gasteiger partial charge in [-0.05, 0) is 41.8 Å². The van der Waals surface area contributed by atoms with Gasteiger partial charge in [0, 0.05) is 23.9 Å². The highest BCUT2D eigenvalue weighted by atomic mass is 32.1. The molecule has 0 saturated carbocycles. The number of hydrogen-bond donors (Lipinski definition) is 0. The van der Waals surface area contributed by atoms with Crippen molar-refractivity contribution in [2.24, 2.45) is 11.8 Å². The molecule has 3 rings (SSSR count). The third-order valence-corrected chi connectivity index (χ3v) is 6.39. The van der Waals surface area contributed by atoms with Gasteiger partial charge in [0.05, 0.1) is 12.6 Å². The monoisotopic (exact) mass is 412 g/mol. The minimum absolute atomic E-state index is 0.0297. The molecule has 0 bridgehead atoms. The zero-order valence-corrected chi connectivity index (χ0v) is 19.0. The van der Waals surface area contributed by atoms with Gasteiger partial charge in [0.2, 0.25) is 11.8 Å². The lowest BCUT2D eigenvalue weighted by atomic mass is 9.92. The minimum atomic E-state index is -0.112. The van der Waals surface area contributed by atoms with E-state index in [2.05, 4.69) is 56.5 Å². The Morgan fingerprint density at radius 1 is 1.14 bits per heavy atom. The molecule has 29 heavy (non-hydrogen) atoms. The molecule has 4 nitrogen and oxygen atoms in total. The summed E-state index contributed by atoms with van der Waals surface area (Å²) in [6.07, 6.45) is 0.878. The molecule has 0 unspecified atom stereocenters. The summed E-state index contributed by atoms with van der Waals surface area (Å²) in [6, 6.07) is 10.5. The van der Waals surface area contributed by atoms with E-state index in [0.29, 0.717) is 19.0 Å². The summed E-state index contributed by atoms with van der Waals surface area (Å²) in [5.41, 5.74) is 3.57. The summed E-state index contributed by atoms with van der Waals surface area (Å²) >= 11 is 1.77. The lowest BCUT2D eigenvalue weighted by Gasteiger charge is -2.38. The number of aryl methyl sites for hydroxylation is 1. The molecule has 0 N–H and O–H groups in total. The number of benzene rings is 1. The van der Waals surface area contributed by atoms with Crippen LogP contribution in [0.2, 0.25) is 0 Å². The Balaban J connectivity index is 1.89. The van der Waals surface area contributed by atoms with Crippen LogP contribution in [0.4, 0.5) is 0 Å². The van der Waals surface area contributed by atoms with Crippen LogP contribution in [-0.4, -0.2) is 41.2 Å². The third kappa shape index (κ3) is 4.89. The van der Waals surface area contributed by atoms with Crippen LogP contribution >= 0.6 is 11.3 Å². The van der Waals surface area contributed by atoms with Crippen molar-refractivity contribution in [3.05, 3.63) is 57.3 Å². The number of hydrogen-bond acceptors (Lipinski definition) is 3. The van der Waals surface area contributed by atoms with Crippen LogP contribution in [0, 0.1) is 18.8 Å². The van der Waals surface area contributed by atoms with Gasteiger partial charge in [-0.1, -0.05) is 57.5 Å². The molecule has 1 atom stereocenters. The van der Waals surface area contributed by atoms with E-state index >= 15 is 0 Å². The number of carbonyl (C=O) groups is 2. The molecule has 0 spiro atoms. The number of fused-ring (bicyclic) bond motifs is 1. The first-order chi connectivity index (χ1) is 13.8. The molecule has 2 aromatic rings. The second kappa shape index (κ2) is 9.12. The molecule has 0 saturated heterocycles. The summed E-state index contributed by atoms with van der Waals surface area (Å²) < 4.78 is 0. The molecular weight excluding hydrogens is 380 g/mol. The maximum absolute atomic E-state index is 13.4. The number of rotatable bonds is 6. The Morgan fingerprint density at radius 2 is 1.83 bits per heavy atom. The van der Waals surface area contributed by atoms with Crippen molar-refractivity contribution in [2.75, 3.05) is 19.6 Å². The van der Waals surface area contributed by atoms with E-state index in [9.17, 15) is 9.59 Å². The summed E-state index contributed by atoms with van der Waals surface area (Å²) in [5, 5.41) is 2.12. The van der Waals surface area contributed by atoms with Gasteiger partial charge in [0.15, 0.2) is 0 Å². The predicted octanol–water partition coefficient (Wildman–Crippen LogP) is 4.67. The average molecular weight is 413 g/mol. The normalized spacial score (nSPS) is 16.2. The van der Waals surface area contributed by atoms with E-state index < -0.39 is 0 Å². The Bertz CT molecular complexity index is 854. The zero-order chi connectivity index (χ0) is 21.1. The first kappa shape index (κ1) is 21.6. The molecule has 0 aliphatic carbocycles. The Hall–Kier alpha value is -2.14. The van der Waals surface area contributed by atoms with E-state index in [1.807, 2.05) is 18.7 Å². The fraction of sp³-hybridized carbons (Fsp3) is 0.500. The molecule has 1 aliphatic heterocycles. The molecule has 1 aliphatic rings. The zero-order valence-electron chi connectivity index (χ0n) is 18.1. The van der Waals surface area contributed by atoms with Gasteiger partial charge in [-0.25, -0.2) is 0 Å². The quantitative estimate of drug-likeness (QED) is 0.692. The van der Waals surface area contributed by atoms with Crippen molar-refractivity contribution < 1.29 is 9.59 Å². The van der Waals surface area contributed by atoms with Crippen LogP contribution in [0.3, 0.4) is 0 Å². The molecule has 0 radical (unpaired) electrons. The first-order valence-corrected chi connectivity index (χ1v) is 11.4. The molecular formula is C24H32N2O2S. The van der Waals surface area contributed by atoms with Crippen LogP contribution in [0.5, 0.6) is 0 Å². The highest BCUT2D eigenvalue weighted by molar-refractivity contribution is 7.10. The number of thiophene rings is 1. The third-order valence-electron chi connectivity index (χ3n) is 5.40. The maximum Gasteiger partial charge on any atom is 0.242 e. The highest BCUT2D eigenvalue weighted by Crippen LogP contribution is 2.38. The minimum Gasteiger partial charge on any atom is -0.333 e.